The quantitative estimate of drug-likeness (QED) is 0.564. The van der Waals surface area contributed by atoms with Crippen molar-refractivity contribution in [3.05, 3.63) is 30.1 Å². The molecule has 0 unspecified atom stereocenters. The molecule has 0 aliphatic carbocycles. The third-order valence-electron chi connectivity index (χ3n) is 1.04. The van der Waals surface area contributed by atoms with Crippen molar-refractivity contribution in [2.45, 2.75) is 6.42 Å². The average Bonchev–Trinajstić information content (AvgIpc) is 1.91. The summed E-state index contributed by atoms with van der Waals surface area (Å²) in [6, 6.07) is 5.89. The molecule has 1 nitrogen and oxygen atoms in total. The topological polar surface area (TPSA) is 12.9 Å². The Kier molecular flexibility index (Phi) is 2.41. The molecule has 0 radical (unpaired) electrons. The van der Waals surface area contributed by atoms with E-state index in [4.69, 9.17) is 0 Å². The Balaban J connectivity index is 2.72. The first-order valence-electron chi connectivity index (χ1n) is 2.82. The van der Waals surface area contributed by atoms with Crippen LogP contribution in [0.5, 0.6) is 0 Å². The highest BCUT2D eigenvalue weighted by Gasteiger charge is 1.84. The smallest absolute Gasteiger partial charge is 0.0444 e. The molecule has 0 aromatic carbocycles. The average molecular weight is 137 g/mol. The fraction of sp³-hybridized carbons (Fsp3) is 0.143. The van der Waals surface area contributed by atoms with E-state index < -0.39 is 0 Å². The maximum absolute atomic E-state index is 4.11. The minimum atomic E-state index is 0.887. The van der Waals surface area contributed by atoms with Gasteiger partial charge in [-0.1, -0.05) is 11.9 Å². The van der Waals surface area contributed by atoms with E-state index in [0.717, 1.165) is 12.1 Å². The molecule has 2 heteroatoms. The minimum absolute atomic E-state index is 0.887. The molecule has 0 spiro atoms. The van der Waals surface area contributed by atoms with Crippen LogP contribution < -0.4 is 0 Å². The lowest BCUT2D eigenvalue weighted by atomic mass is 10.3. The van der Waals surface area contributed by atoms with Crippen LogP contribution in [-0.4, -0.2) is 10.8 Å². The molecule has 46 valence electrons. The van der Waals surface area contributed by atoms with Crippen LogP contribution >= 0.6 is 8.86 Å². The molecule has 0 aliphatic rings. The largest absolute Gasteiger partial charge is 0.261 e. The molecule has 0 atom stereocenters. The van der Waals surface area contributed by atoms with Gasteiger partial charge in [-0.15, -0.1) is 8.86 Å². The second kappa shape index (κ2) is 3.37. The lowest BCUT2D eigenvalue weighted by Crippen LogP contribution is -1.86. The molecule has 0 bridgehead atoms. The van der Waals surface area contributed by atoms with Crippen LogP contribution in [0.3, 0.4) is 0 Å². The van der Waals surface area contributed by atoms with Crippen LogP contribution in [0.15, 0.2) is 24.4 Å². The zero-order valence-electron chi connectivity index (χ0n) is 5.04. The van der Waals surface area contributed by atoms with Gasteiger partial charge in [0.15, 0.2) is 0 Å². The van der Waals surface area contributed by atoms with Gasteiger partial charge in [-0.2, -0.15) is 0 Å². The summed E-state index contributed by atoms with van der Waals surface area (Å²) in [4.78, 5) is 4.11. The van der Waals surface area contributed by atoms with E-state index in [1.165, 1.54) is 0 Å². The van der Waals surface area contributed by atoms with Crippen LogP contribution in [0.25, 0.3) is 0 Å². The second-order valence-electron chi connectivity index (χ2n) is 1.73. The zero-order chi connectivity index (χ0) is 6.53. The Morgan fingerprint density at radius 3 is 3.00 bits per heavy atom. The van der Waals surface area contributed by atoms with Gasteiger partial charge >= 0.3 is 0 Å². The van der Waals surface area contributed by atoms with Crippen LogP contribution in [0, 0.1) is 0 Å². The van der Waals surface area contributed by atoms with Crippen LogP contribution in [0.4, 0.5) is 0 Å². The lowest BCUT2D eigenvalue weighted by Gasteiger charge is -1.89. The Labute approximate surface area is 57.0 Å². The Bertz CT molecular complexity index is 183. The molecule has 0 aliphatic heterocycles. The summed E-state index contributed by atoms with van der Waals surface area (Å²) in [6.07, 6.45) is 2.68. The lowest BCUT2D eigenvalue weighted by molar-refractivity contribution is 1.16. The normalized spacial score (nSPS) is 8.89. The molecule has 1 aromatic heterocycles. The Morgan fingerprint density at radius 1 is 1.56 bits per heavy atom. The van der Waals surface area contributed by atoms with E-state index in [1.54, 1.807) is 6.20 Å². The van der Waals surface area contributed by atoms with Gasteiger partial charge in [0, 0.05) is 18.3 Å². The van der Waals surface area contributed by atoms with E-state index in [1.807, 2.05) is 24.0 Å². The molecule has 0 amide bonds. The maximum Gasteiger partial charge on any atom is 0.0444 e. The maximum atomic E-state index is 4.11. The summed E-state index contributed by atoms with van der Waals surface area (Å²) < 4.78 is 0. The van der Waals surface area contributed by atoms with Gasteiger partial charge in [0.05, 0.1) is 0 Å². The van der Waals surface area contributed by atoms with E-state index in [2.05, 4.69) is 13.8 Å². The fourth-order valence-electron chi connectivity index (χ4n) is 0.623. The summed E-state index contributed by atoms with van der Waals surface area (Å²) in [6.45, 7) is 0. The van der Waals surface area contributed by atoms with E-state index in [-0.39, 0.29) is 0 Å². The number of nitrogens with zero attached hydrogens (tertiary/aromatic N) is 1. The van der Waals surface area contributed by atoms with Crippen molar-refractivity contribution in [1.82, 2.24) is 4.98 Å². The highest BCUT2D eigenvalue weighted by Crippen LogP contribution is 1.91. The summed E-state index contributed by atoms with van der Waals surface area (Å²) in [5.74, 6) is 1.91. The summed E-state index contributed by atoms with van der Waals surface area (Å²) in [7, 11) is 3.26. The first-order chi connectivity index (χ1) is 4.43. The molecule has 0 N–H and O–H groups in total. The van der Waals surface area contributed by atoms with Crippen molar-refractivity contribution in [1.29, 1.82) is 0 Å². The molecule has 9 heavy (non-hydrogen) atoms. The molecule has 0 saturated heterocycles. The molecule has 0 fully saturated rings. The van der Waals surface area contributed by atoms with Crippen molar-refractivity contribution in [2.75, 3.05) is 0 Å². The second-order valence-corrected chi connectivity index (χ2v) is 2.14. The van der Waals surface area contributed by atoms with Crippen molar-refractivity contribution >= 4 is 14.7 Å². The molecule has 1 rings (SSSR count). The summed E-state index contributed by atoms with van der Waals surface area (Å²) in [5.41, 5.74) is 1.09. The third kappa shape index (κ3) is 1.95. The first-order valence-corrected chi connectivity index (χ1v) is 3.40. The van der Waals surface area contributed by atoms with Gasteiger partial charge in [-0.25, -0.2) is 0 Å². The number of rotatable bonds is 2. The van der Waals surface area contributed by atoms with Crippen LogP contribution in [-0.2, 0) is 6.42 Å². The van der Waals surface area contributed by atoms with Gasteiger partial charge in [0.1, 0.15) is 0 Å². The van der Waals surface area contributed by atoms with Crippen molar-refractivity contribution in [3.8, 4) is 0 Å². The fourth-order valence-corrected chi connectivity index (χ4v) is 0.833. The van der Waals surface area contributed by atoms with Crippen LogP contribution in [0.2, 0.25) is 0 Å². The van der Waals surface area contributed by atoms with E-state index in [0.29, 0.717) is 0 Å². The Hall–Kier alpha value is -0.680. The third-order valence-corrected chi connectivity index (χ3v) is 1.24. The van der Waals surface area contributed by atoms with Gasteiger partial charge < -0.3 is 0 Å². The van der Waals surface area contributed by atoms with Crippen molar-refractivity contribution in [2.24, 2.45) is 0 Å². The summed E-state index contributed by atoms with van der Waals surface area (Å²) >= 11 is 0. The van der Waals surface area contributed by atoms with Crippen molar-refractivity contribution < 1.29 is 0 Å². The van der Waals surface area contributed by atoms with E-state index >= 15 is 0 Å². The van der Waals surface area contributed by atoms with Gasteiger partial charge in [-0.3, -0.25) is 4.98 Å². The summed E-state index contributed by atoms with van der Waals surface area (Å²) in [5, 5.41) is 0. The monoisotopic (exact) mass is 137 g/mol. The first kappa shape index (κ1) is 6.44. The predicted molar refractivity (Wildman–Crippen MR) is 42.3 cm³/mol. The highest BCUT2D eigenvalue weighted by atomic mass is 31.0. The molecule has 0 saturated carbocycles. The zero-order valence-corrected chi connectivity index (χ0v) is 6.04. The molecule has 1 aromatic rings. The van der Waals surface area contributed by atoms with Gasteiger partial charge in [0.2, 0.25) is 0 Å². The van der Waals surface area contributed by atoms with Crippen molar-refractivity contribution in [3.63, 3.8) is 0 Å². The predicted octanol–water partition coefficient (Wildman–Crippen LogP) is 1.57. The number of pyridine rings is 1. The molecular formula is C7H8NP. The minimum Gasteiger partial charge on any atom is -0.261 e. The Morgan fingerprint density at radius 2 is 2.44 bits per heavy atom. The molecule has 1 heterocycles. The highest BCUT2D eigenvalue weighted by molar-refractivity contribution is 7.18. The molecular weight excluding hydrogens is 129 g/mol. The van der Waals surface area contributed by atoms with Crippen LogP contribution in [0.1, 0.15) is 5.69 Å². The number of aromatic nitrogens is 1. The van der Waals surface area contributed by atoms with Gasteiger partial charge in [-0.05, 0) is 12.1 Å². The van der Waals surface area contributed by atoms with Gasteiger partial charge in [0.25, 0.3) is 0 Å². The standard InChI is InChI=1S/C7H8NP/c9-6-4-7-3-1-2-5-8-7/h1-3,5-6,9H,4H2. The van der Waals surface area contributed by atoms with E-state index in [9.17, 15) is 0 Å². The SMILES string of the molecule is P=CCc1ccccn1. The number of hydrogen-bond donors (Lipinski definition) is 0. The number of hydrogen-bond acceptors (Lipinski definition) is 1.